The van der Waals surface area contributed by atoms with E-state index in [0.717, 1.165) is 61.0 Å². The topological polar surface area (TPSA) is 305 Å². The number of aryl methyl sites for hydroxylation is 2. The zero-order valence-electron chi connectivity index (χ0n) is 53.5. The number of nitrogens with one attached hydrogen (secondary N) is 2. The second kappa shape index (κ2) is 28.7. The first-order valence-corrected chi connectivity index (χ1v) is 35.0. The standard InChI is InChI=1S/C34H45ClN6O7S.C28H36ClN7O5S.ClH/c1-20(2)24(15-30(42)48-34(4,5)6)33(44)47-23-18-39(19-23)31-21(3)17-41-29(36-31)16-27(37-41)28-10-8-9-13-40(28)32(43)25-14-22(35)11-12-26(25)38-49(7,45)46;1-16(2)25(30)28(38)41-19-14-34(15-19)26-17(3)13-36-24(31-26)12-22(32-36)23-7-5-6-10-35(23)27(37)20-11-18(29)8-9-21(20)33-42(4,39)40;/h11-12,14,16-17,20,23-24,28,38H,8-10,13,15,18-19H2,1-7H3;8-9,11-13,16,19,23,25,33H,5-7,10,14-15,30H2,1-4H3;1H/t24-,28-;23-,25-;/m00./s1. The summed E-state index contributed by atoms with van der Waals surface area (Å²) in [6, 6.07) is 11.5. The molecule has 0 radical (unpaired) electrons. The Labute approximate surface area is 552 Å². The van der Waals surface area contributed by atoms with E-state index >= 15 is 0 Å². The van der Waals surface area contributed by atoms with Crippen LogP contribution in [0.3, 0.4) is 0 Å². The smallest absolute Gasteiger partial charge is 0.323 e. The van der Waals surface area contributed by atoms with Gasteiger partial charge in [-0.05, 0) is 121 Å². The summed E-state index contributed by atoms with van der Waals surface area (Å²) in [5.41, 5.74) is 10.4. The molecule has 2 amide bonds. The van der Waals surface area contributed by atoms with Crippen molar-refractivity contribution in [2.75, 3.05) is 71.0 Å². The van der Waals surface area contributed by atoms with Gasteiger partial charge >= 0.3 is 17.9 Å². The van der Waals surface area contributed by atoms with Gasteiger partial charge in [0.05, 0.1) is 97.0 Å². The molecule has 4 fully saturated rings. The largest absolute Gasteiger partial charge is 0.460 e. The van der Waals surface area contributed by atoms with Crippen LogP contribution in [0.1, 0.15) is 149 Å². The normalized spacial score (nSPS) is 18.1. The highest BCUT2D eigenvalue weighted by atomic mass is 35.5. The van der Waals surface area contributed by atoms with E-state index in [0.29, 0.717) is 84.8 Å². The Hall–Kier alpha value is -7.04. The molecule has 92 heavy (non-hydrogen) atoms. The molecule has 500 valence electrons. The van der Waals surface area contributed by atoms with E-state index in [4.69, 9.17) is 63.3 Å². The fourth-order valence-corrected chi connectivity index (χ4v) is 13.0. The van der Waals surface area contributed by atoms with E-state index < -0.39 is 55.5 Å². The first kappa shape index (κ1) is 70.8. The number of carbonyl (C=O) groups excluding carboxylic acids is 5. The minimum atomic E-state index is -3.63. The third kappa shape index (κ3) is 17.2. The molecule has 10 rings (SSSR count). The maximum absolute atomic E-state index is 13.9. The number of esters is 3. The number of amides is 2. The molecule has 0 spiro atoms. The van der Waals surface area contributed by atoms with Crippen LogP contribution >= 0.6 is 35.6 Å². The number of sulfonamides is 2. The number of benzene rings is 2. The third-order valence-electron chi connectivity index (χ3n) is 16.2. The Kier molecular flexibility index (Phi) is 22.1. The number of carbonyl (C=O) groups is 5. The fraction of sp³-hybridized carbons (Fsp3) is 0.532. The van der Waals surface area contributed by atoms with Gasteiger partial charge in [0.1, 0.15) is 35.5 Å². The summed E-state index contributed by atoms with van der Waals surface area (Å²) in [5, 5.41) is 10.2. The van der Waals surface area contributed by atoms with E-state index in [2.05, 4.69) is 9.44 Å². The van der Waals surface area contributed by atoms with Crippen LogP contribution in [0.5, 0.6) is 0 Å². The van der Waals surface area contributed by atoms with Gasteiger partial charge < -0.3 is 39.5 Å². The average molecular weight is 1370 g/mol. The first-order valence-electron chi connectivity index (χ1n) is 30.5. The molecule has 30 heteroatoms. The first-order chi connectivity index (χ1) is 42.7. The highest BCUT2D eigenvalue weighted by molar-refractivity contribution is 7.92. The van der Waals surface area contributed by atoms with Gasteiger partial charge in [0, 0.05) is 58.8 Å². The Bertz CT molecular complexity index is 3980. The molecular formula is C62H82Cl3N13O12S2. The molecule has 4 aliphatic heterocycles. The van der Waals surface area contributed by atoms with Crippen LogP contribution in [0.4, 0.5) is 23.0 Å². The van der Waals surface area contributed by atoms with Gasteiger partial charge in [-0.1, -0.05) is 50.9 Å². The van der Waals surface area contributed by atoms with Gasteiger partial charge in [-0.15, -0.1) is 12.4 Å². The molecule has 4 aromatic heterocycles. The van der Waals surface area contributed by atoms with Gasteiger partial charge in [-0.3, -0.25) is 33.4 Å². The number of nitrogens with two attached hydrogens (primary N) is 1. The molecule has 6 aromatic rings. The predicted molar refractivity (Wildman–Crippen MR) is 354 cm³/mol. The van der Waals surface area contributed by atoms with Crippen LogP contribution in [0, 0.1) is 31.6 Å². The summed E-state index contributed by atoms with van der Waals surface area (Å²) in [6.07, 6.45) is 10.1. The molecule has 0 unspecified atom stereocenters. The molecule has 0 bridgehead atoms. The number of nitrogens with zero attached hydrogens (tertiary/aromatic N) is 10. The van der Waals surface area contributed by atoms with E-state index in [1.807, 2.05) is 75.9 Å². The van der Waals surface area contributed by atoms with Crippen LogP contribution in [0.25, 0.3) is 11.3 Å². The molecule has 0 aliphatic carbocycles. The van der Waals surface area contributed by atoms with Crippen LogP contribution < -0.4 is 25.0 Å². The van der Waals surface area contributed by atoms with Crippen molar-refractivity contribution in [2.45, 2.75) is 143 Å². The van der Waals surface area contributed by atoms with E-state index in [1.165, 1.54) is 36.4 Å². The highest BCUT2D eigenvalue weighted by Crippen LogP contribution is 2.38. The van der Waals surface area contributed by atoms with Crippen molar-refractivity contribution >= 4 is 120 Å². The summed E-state index contributed by atoms with van der Waals surface area (Å²) >= 11 is 12.4. The van der Waals surface area contributed by atoms with Crippen molar-refractivity contribution in [3.63, 3.8) is 0 Å². The third-order valence-corrected chi connectivity index (χ3v) is 17.9. The number of rotatable bonds is 18. The van der Waals surface area contributed by atoms with Crippen molar-refractivity contribution in [2.24, 2.45) is 23.5 Å². The van der Waals surface area contributed by atoms with Gasteiger partial charge in [0.2, 0.25) is 20.0 Å². The Balaban J connectivity index is 0.000000237. The molecule has 8 heterocycles. The molecule has 25 nitrogen and oxygen atoms in total. The number of ether oxygens (including phenoxy) is 3. The highest BCUT2D eigenvalue weighted by Gasteiger charge is 2.39. The second-order valence-electron chi connectivity index (χ2n) is 25.7. The number of likely N-dealkylation sites (tertiary alicyclic amines) is 2. The average Bonchev–Trinajstić information content (AvgIpc) is 1.55. The molecule has 4 N–H and O–H groups in total. The monoisotopic (exact) mass is 1370 g/mol. The lowest BCUT2D eigenvalue weighted by molar-refractivity contribution is -0.166. The summed E-state index contributed by atoms with van der Waals surface area (Å²) in [6.45, 7) is 19.7. The number of fused-ring (bicyclic) bond motifs is 2. The van der Waals surface area contributed by atoms with Crippen LogP contribution in [-0.2, 0) is 48.6 Å². The van der Waals surface area contributed by atoms with Crippen molar-refractivity contribution in [1.29, 1.82) is 0 Å². The number of halogens is 3. The van der Waals surface area contributed by atoms with Crippen molar-refractivity contribution < 1.29 is 55.0 Å². The Morgan fingerprint density at radius 2 is 1.05 bits per heavy atom. The SMILES string of the molecule is Cc1cn2nc([C@@H]3CCCCN3C(=O)c3cc(Cl)ccc3NS(C)(=O)=O)cc2nc1N1CC(OC(=O)[C@@H](CC(=O)OC(C)(C)C)C(C)C)C1.Cc1cn2nc([C@@H]3CCCCN3C(=O)c3cc(Cl)ccc3NS(C)(=O)=O)cc2nc1N1CC(OC(=O)[C@@H](N)C(C)C)C1.Cl. The Morgan fingerprint density at radius 1 is 0.641 bits per heavy atom. The summed E-state index contributed by atoms with van der Waals surface area (Å²) in [4.78, 5) is 82.7. The van der Waals surface area contributed by atoms with E-state index in [9.17, 15) is 40.8 Å². The number of hydrogen-bond acceptors (Lipinski definition) is 19. The number of anilines is 4. The summed E-state index contributed by atoms with van der Waals surface area (Å²) < 4.78 is 73.0. The van der Waals surface area contributed by atoms with Crippen molar-refractivity contribution in [3.8, 4) is 0 Å². The lowest BCUT2D eigenvalue weighted by Gasteiger charge is -2.40. The number of aromatic nitrogens is 6. The van der Waals surface area contributed by atoms with E-state index in [-0.39, 0.29) is 89.3 Å². The molecular weight excluding hydrogens is 1290 g/mol. The quantitative estimate of drug-likeness (QED) is 0.0535. The summed E-state index contributed by atoms with van der Waals surface area (Å²) in [5.74, 6) is -1.06. The lowest BCUT2D eigenvalue weighted by Crippen LogP contribution is -2.55. The maximum atomic E-state index is 13.9. The minimum absolute atomic E-state index is 0. The molecule has 4 saturated heterocycles. The van der Waals surface area contributed by atoms with Gasteiger partial charge in [-0.25, -0.2) is 35.8 Å². The van der Waals surface area contributed by atoms with Crippen LogP contribution in [0.2, 0.25) is 10.0 Å². The Morgan fingerprint density at radius 3 is 1.43 bits per heavy atom. The van der Waals surface area contributed by atoms with Gasteiger partial charge in [0.25, 0.3) is 11.8 Å². The second-order valence-corrected chi connectivity index (χ2v) is 30.1. The van der Waals surface area contributed by atoms with Crippen LogP contribution in [-0.4, -0.2) is 161 Å². The molecule has 4 atom stereocenters. The van der Waals surface area contributed by atoms with Gasteiger partial charge in [0.15, 0.2) is 11.3 Å². The predicted octanol–water partition coefficient (Wildman–Crippen LogP) is 8.73. The van der Waals surface area contributed by atoms with Crippen molar-refractivity contribution in [1.82, 2.24) is 39.0 Å². The zero-order valence-corrected chi connectivity index (χ0v) is 57.5. The molecule has 4 aliphatic rings. The summed E-state index contributed by atoms with van der Waals surface area (Å²) in [7, 11) is -7.24. The van der Waals surface area contributed by atoms with E-state index in [1.54, 1.807) is 39.6 Å². The van der Waals surface area contributed by atoms with Crippen molar-refractivity contribution in [3.05, 3.63) is 105 Å². The minimum Gasteiger partial charge on any atom is -0.460 e. The molecule has 0 saturated carbocycles. The fourth-order valence-electron chi connectivity index (χ4n) is 11.5. The molecule has 2 aromatic carbocycles. The lowest BCUT2D eigenvalue weighted by atomic mass is 9.92. The number of piperidine rings is 2. The zero-order chi connectivity index (χ0) is 66.2. The number of hydrogen-bond donors (Lipinski definition) is 3. The van der Waals surface area contributed by atoms with Gasteiger partial charge in [-0.2, -0.15) is 10.2 Å². The maximum Gasteiger partial charge on any atom is 0.323 e. The van der Waals surface area contributed by atoms with Crippen LogP contribution in [0.15, 0.2) is 60.9 Å².